The highest BCUT2D eigenvalue weighted by Gasteiger charge is 1.98. The van der Waals surface area contributed by atoms with Crippen molar-refractivity contribution in [1.82, 2.24) is 0 Å². The number of anilines is 1. The third-order valence-electron chi connectivity index (χ3n) is 1.31. The van der Waals surface area contributed by atoms with E-state index < -0.39 is 0 Å². The first-order valence-corrected chi connectivity index (χ1v) is 4.89. The summed E-state index contributed by atoms with van der Waals surface area (Å²) in [5.41, 5.74) is 6.25. The van der Waals surface area contributed by atoms with Crippen molar-refractivity contribution in [3.05, 3.63) is 18.2 Å². The second kappa shape index (κ2) is 3.78. The van der Waals surface area contributed by atoms with E-state index in [0.29, 0.717) is 11.4 Å². The Morgan fingerprint density at radius 2 is 2.27 bits per heavy atom. The number of benzene rings is 1. The van der Waals surface area contributed by atoms with Gasteiger partial charge >= 0.3 is 0 Å². The Hall–Kier alpha value is -0.480. The largest absolute Gasteiger partial charge is 0.495 e. The zero-order valence-corrected chi connectivity index (χ0v) is 7.78. The van der Waals surface area contributed by atoms with Crippen molar-refractivity contribution in [2.24, 2.45) is 0 Å². The number of hydrogen-bond acceptors (Lipinski definition) is 4. The Labute approximate surface area is 74.9 Å². The van der Waals surface area contributed by atoms with Gasteiger partial charge in [0.15, 0.2) is 0 Å². The van der Waals surface area contributed by atoms with E-state index in [0.717, 1.165) is 4.90 Å². The number of nitrogen functional groups attached to an aromatic ring is 1. The second-order valence-corrected chi connectivity index (χ2v) is 3.20. The zero-order chi connectivity index (χ0) is 8.27. The molecular weight excluding hydrogens is 178 g/mol. The first-order valence-electron chi connectivity index (χ1n) is 3.03. The molecule has 0 radical (unpaired) electrons. The highest BCUT2D eigenvalue weighted by atomic mass is 33.1. The number of nitrogens with two attached hydrogens (primary N) is 1. The van der Waals surface area contributed by atoms with Crippen molar-refractivity contribution in [2.75, 3.05) is 12.8 Å². The van der Waals surface area contributed by atoms with Gasteiger partial charge in [-0.15, -0.1) is 11.7 Å². The average molecular weight is 187 g/mol. The van der Waals surface area contributed by atoms with Crippen LogP contribution < -0.4 is 10.5 Å². The van der Waals surface area contributed by atoms with Crippen LogP contribution in [0.15, 0.2) is 23.1 Å². The maximum absolute atomic E-state index is 5.60. The molecule has 11 heavy (non-hydrogen) atoms. The molecule has 0 spiro atoms. The Morgan fingerprint density at radius 1 is 1.55 bits per heavy atom. The van der Waals surface area contributed by atoms with Crippen LogP contribution in [-0.2, 0) is 0 Å². The summed E-state index contributed by atoms with van der Waals surface area (Å²) in [4.78, 5) is 1.03. The van der Waals surface area contributed by atoms with Crippen LogP contribution >= 0.6 is 22.5 Å². The predicted molar refractivity (Wildman–Crippen MR) is 52.2 cm³/mol. The van der Waals surface area contributed by atoms with Gasteiger partial charge in [-0.2, -0.15) is 0 Å². The number of ether oxygens (including phenoxy) is 1. The summed E-state index contributed by atoms with van der Waals surface area (Å²) < 4.78 is 5.02. The Morgan fingerprint density at radius 3 is 2.82 bits per heavy atom. The topological polar surface area (TPSA) is 35.2 Å². The van der Waals surface area contributed by atoms with Crippen molar-refractivity contribution in [3.8, 4) is 5.75 Å². The molecule has 1 aromatic carbocycles. The average Bonchev–Trinajstić information content (AvgIpc) is 2.05. The molecule has 0 bridgehead atoms. The van der Waals surface area contributed by atoms with Gasteiger partial charge in [-0.05, 0) is 18.2 Å². The first-order chi connectivity index (χ1) is 5.27. The van der Waals surface area contributed by atoms with Crippen LogP contribution in [0.3, 0.4) is 0 Å². The molecule has 1 aromatic rings. The third-order valence-corrected chi connectivity index (χ3v) is 2.41. The summed E-state index contributed by atoms with van der Waals surface area (Å²) in [7, 11) is 2.96. The summed E-state index contributed by atoms with van der Waals surface area (Å²) in [5.74, 6) is 0.698. The van der Waals surface area contributed by atoms with E-state index in [-0.39, 0.29) is 0 Å². The molecule has 0 fully saturated rings. The summed E-state index contributed by atoms with van der Waals surface area (Å²) in [5, 5.41) is 0. The van der Waals surface area contributed by atoms with E-state index in [1.54, 1.807) is 13.2 Å². The van der Waals surface area contributed by atoms with Crippen molar-refractivity contribution in [1.29, 1.82) is 0 Å². The van der Waals surface area contributed by atoms with Crippen molar-refractivity contribution < 1.29 is 4.74 Å². The van der Waals surface area contributed by atoms with Gasteiger partial charge in [-0.3, -0.25) is 0 Å². The summed E-state index contributed by atoms with van der Waals surface area (Å²) in [6.45, 7) is 0. The zero-order valence-electron chi connectivity index (χ0n) is 6.07. The lowest BCUT2D eigenvalue weighted by Gasteiger charge is -2.04. The SMILES string of the molecule is COc1cc(SS)ccc1N. The maximum atomic E-state index is 5.60. The fraction of sp³-hybridized carbons (Fsp3) is 0.143. The predicted octanol–water partition coefficient (Wildman–Crippen LogP) is 2.21. The molecule has 0 saturated carbocycles. The molecule has 2 nitrogen and oxygen atoms in total. The van der Waals surface area contributed by atoms with E-state index in [1.165, 1.54) is 10.8 Å². The summed E-state index contributed by atoms with van der Waals surface area (Å²) >= 11 is 4.05. The van der Waals surface area contributed by atoms with Crippen LogP contribution in [0.5, 0.6) is 5.75 Å². The number of rotatable bonds is 2. The minimum Gasteiger partial charge on any atom is -0.495 e. The first kappa shape index (κ1) is 8.62. The molecule has 0 heterocycles. The minimum absolute atomic E-state index is 0.652. The van der Waals surface area contributed by atoms with Gasteiger partial charge in [0.1, 0.15) is 5.75 Å². The van der Waals surface area contributed by atoms with Crippen molar-refractivity contribution in [2.45, 2.75) is 4.90 Å². The highest BCUT2D eigenvalue weighted by Crippen LogP contribution is 2.29. The van der Waals surface area contributed by atoms with E-state index in [2.05, 4.69) is 11.7 Å². The normalized spacial score (nSPS) is 9.64. The smallest absolute Gasteiger partial charge is 0.142 e. The molecule has 0 aliphatic heterocycles. The molecule has 0 aliphatic rings. The Kier molecular flexibility index (Phi) is 2.96. The van der Waals surface area contributed by atoms with Gasteiger partial charge in [0.2, 0.25) is 0 Å². The molecular formula is C7H9NOS2. The maximum Gasteiger partial charge on any atom is 0.142 e. The molecule has 0 unspecified atom stereocenters. The molecule has 4 heteroatoms. The van der Waals surface area contributed by atoms with Gasteiger partial charge in [0.25, 0.3) is 0 Å². The van der Waals surface area contributed by atoms with Crippen LogP contribution in [0.4, 0.5) is 5.69 Å². The lowest BCUT2D eigenvalue weighted by molar-refractivity contribution is 0.416. The fourth-order valence-electron chi connectivity index (χ4n) is 0.748. The highest BCUT2D eigenvalue weighted by molar-refractivity contribution is 8.68. The Balaban J connectivity index is 3.02. The molecule has 0 saturated heterocycles. The monoisotopic (exact) mass is 187 g/mol. The number of methoxy groups -OCH3 is 1. The molecule has 1 rings (SSSR count). The number of hydrogen-bond donors (Lipinski definition) is 2. The van der Waals surface area contributed by atoms with Gasteiger partial charge in [0, 0.05) is 4.90 Å². The molecule has 0 atom stereocenters. The van der Waals surface area contributed by atoms with E-state index >= 15 is 0 Å². The molecule has 0 aliphatic carbocycles. The van der Waals surface area contributed by atoms with E-state index in [4.69, 9.17) is 10.5 Å². The van der Waals surface area contributed by atoms with Crippen LogP contribution in [0, 0.1) is 0 Å². The van der Waals surface area contributed by atoms with E-state index in [1.807, 2.05) is 12.1 Å². The molecule has 0 amide bonds. The van der Waals surface area contributed by atoms with Gasteiger partial charge in [0.05, 0.1) is 12.8 Å². The minimum atomic E-state index is 0.652. The van der Waals surface area contributed by atoms with Gasteiger partial charge < -0.3 is 10.5 Å². The van der Waals surface area contributed by atoms with Gasteiger partial charge in [-0.25, -0.2) is 0 Å². The Bertz CT molecular complexity index is 252. The summed E-state index contributed by atoms with van der Waals surface area (Å²) in [6.07, 6.45) is 0. The third kappa shape index (κ3) is 1.97. The van der Waals surface area contributed by atoms with Crippen molar-refractivity contribution >= 4 is 28.1 Å². The molecule has 0 aromatic heterocycles. The van der Waals surface area contributed by atoms with Gasteiger partial charge in [-0.1, -0.05) is 10.8 Å². The van der Waals surface area contributed by atoms with Crippen LogP contribution in [0.1, 0.15) is 0 Å². The molecule has 2 N–H and O–H groups in total. The number of thiol groups is 1. The summed E-state index contributed by atoms with van der Waals surface area (Å²) in [6, 6.07) is 5.56. The second-order valence-electron chi connectivity index (χ2n) is 2.00. The van der Waals surface area contributed by atoms with Crippen molar-refractivity contribution in [3.63, 3.8) is 0 Å². The van der Waals surface area contributed by atoms with Crippen LogP contribution in [0.2, 0.25) is 0 Å². The fourth-order valence-corrected chi connectivity index (χ4v) is 1.38. The molecule has 60 valence electrons. The van der Waals surface area contributed by atoms with Crippen LogP contribution in [-0.4, -0.2) is 7.11 Å². The quantitative estimate of drug-likeness (QED) is 0.423. The van der Waals surface area contributed by atoms with Crippen LogP contribution in [0.25, 0.3) is 0 Å². The standard InChI is InChI=1S/C7H9NOS2/c1-9-7-4-5(11-10)2-3-6(7)8/h2-4,10H,8H2,1H3. The lowest BCUT2D eigenvalue weighted by atomic mass is 10.3. The lowest BCUT2D eigenvalue weighted by Crippen LogP contribution is -1.91. The van der Waals surface area contributed by atoms with E-state index in [9.17, 15) is 0 Å².